The molecule has 13 heteroatoms. The molecular weight excluding hydrogens is 515 g/mol. The van der Waals surface area contributed by atoms with Gasteiger partial charge in [0, 0.05) is 13.1 Å². The number of anilines is 1. The largest absolute Gasteiger partial charge is 0.484 e. The summed E-state index contributed by atoms with van der Waals surface area (Å²) in [4.78, 5) is 51.6. The lowest BCUT2D eigenvalue weighted by atomic mass is 10.2. The Bertz CT molecular complexity index is 1270. The van der Waals surface area contributed by atoms with Crippen LogP contribution in [0.3, 0.4) is 0 Å². The van der Waals surface area contributed by atoms with E-state index in [4.69, 9.17) is 9.47 Å². The second-order valence-corrected chi connectivity index (χ2v) is 8.88. The molecule has 0 atom stereocenters. The van der Waals surface area contributed by atoms with Crippen LogP contribution in [0.25, 0.3) is 6.08 Å². The van der Waals surface area contributed by atoms with Crippen molar-refractivity contribution in [2.24, 2.45) is 0 Å². The maximum Gasteiger partial charge on any atom is 0.294 e. The average Bonchev–Trinajstić information content (AvgIpc) is 3.16. The van der Waals surface area contributed by atoms with Crippen LogP contribution >= 0.6 is 11.8 Å². The molecule has 2 saturated heterocycles. The summed E-state index contributed by atoms with van der Waals surface area (Å²) in [6, 6.07) is 7.92. The Morgan fingerprint density at radius 3 is 2.43 bits per heavy atom. The lowest BCUT2D eigenvalue weighted by molar-refractivity contribution is -0.137. The number of thioether (sulfide) groups is 1. The predicted octanol–water partition coefficient (Wildman–Crippen LogP) is 3.02. The molecule has 4 amide bonds. The Morgan fingerprint density at radius 1 is 1.03 bits per heavy atom. The number of imide groups is 1. The molecular formula is C24H20F3N3O6S. The van der Waals surface area contributed by atoms with Crippen molar-refractivity contribution in [3.63, 3.8) is 0 Å². The standard InChI is InChI=1S/C24H20F3N3O6S/c25-16-5-6-17(22(27)21(16)26)28-19(31)12-30-23(33)18(37-24(30)34)11-14-1-3-15(4-2-14)36-13-20(32)29-7-9-35-10-8-29/h1-6,11H,7-10,12-13H2,(H,28,31)/b18-11+. The van der Waals surface area contributed by atoms with E-state index in [2.05, 4.69) is 0 Å². The highest BCUT2D eigenvalue weighted by Gasteiger charge is 2.36. The van der Waals surface area contributed by atoms with E-state index in [1.807, 2.05) is 5.32 Å². The molecule has 37 heavy (non-hydrogen) atoms. The molecule has 9 nitrogen and oxygen atoms in total. The normalized spacial score (nSPS) is 16.9. The molecule has 2 heterocycles. The molecule has 2 aliphatic heterocycles. The maximum absolute atomic E-state index is 13.8. The number of amides is 4. The SMILES string of the molecule is O=C(CN1C(=O)S/C(=C/c2ccc(OCC(=O)N3CCOCC3)cc2)C1=O)Nc1ccc(F)c(F)c1F. The van der Waals surface area contributed by atoms with Gasteiger partial charge in [-0.15, -0.1) is 0 Å². The third kappa shape index (κ3) is 6.30. The van der Waals surface area contributed by atoms with Crippen LogP contribution in [-0.4, -0.2) is 72.2 Å². The summed E-state index contributed by atoms with van der Waals surface area (Å²) >= 11 is 0.610. The molecule has 2 aromatic carbocycles. The number of carbonyl (C=O) groups is 4. The third-order valence-electron chi connectivity index (χ3n) is 5.39. The first-order valence-electron chi connectivity index (χ1n) is 11.0. The summed E-state index contributed by atoms with van der Waals surface area (Å²) in [5, 5.41) is 1.29. The van der Waals surface area contributed by atoms with Gasteiger partial charge in [-0.05, 0) is 47.7 Å². The first-order valence-corrected chi connectivity index (χ1v) is 11.8. The molecule has 0 bridgehead atoms. The average molecular weight is 536 g/mol. The number of morpholine rings is 1. The van der Waals surface area contributed by atoms with Crippen molar-refractivity contribution in [3.8, 4) is 5.75 Å². The number of carbonyl (C=O) groups excluding carboxylic acids is 4. The molecule has 2 aromatic rings. The van der Waals surface area contributed by atoms with Gasteiger partial charge in [-0.1, -0.05) is 12.1 Å². The van der Waals surface area contributed by atoms with E-state index in [1.165, 1.54) is 6.08 Å². The fraction of sp³-hybridized carbons (Fsp3) is 0.250. The summed E-state index contributed by atoms with van der Waals surface area (Å²) in [5.74, 6) is -6.21. The summed E-state index contributed by atoms with van der Waals surface area (Å²) in [6.45, 7) is 1.13. The van der Waals surface area contributed by atoms with E-state index in [9.17, 15) is 32.3 Å². The lowest BCUT2D eigenvalue weighted by Gasteiger charge is -2.26. The minimum absolute atomic E-state index is 0.0490. The van der Waals surface area contributed by atoms with E-state index in [0.717, 1.165) is 6.07 Å². The van der Waals surface area contributed by atoms with Gasteiger partial charge >= 0.3 is 0 Å². The summed E-state index contributed by atoms with van der Waals surface area (Å²) in [7, 11) is 0. The number of rotatable bonds is 7. The topological polar surface area (TPSA) is 105 Å². The maximum atomic E-state index is 13.8. The highest BCUT2D eigenvalue weighted by Crippen LogP contribution is 2.32. The summed E-state index contributed by atoms with van der Waals surface area (Å²) in [6.07, 6.45) is 1.44. The van der Waals surface area contributed by atoms with Crippen molar-refractivity contribution in [3.05, 3.63) is 64.3 Å². The van der Waals surface area contributed by atoms with Crippen LogP contribution in [-0.2, 0) is 19.1 Å². The van der Waals surface area contributed by atoms with Crippen LogP contribution in [0.2, 0.25) is 0 Å². The minimum Gasteiger partial charge on any atom is -0.484 e. The molecule has 0 radical (unpaired) electrons. The zero-order valence-electron chi connectivity index (χ0n) is 19.2. The van der Waals surface area contributed by atoms with Crippen LogP contribution in [0.15, 0.2) is 41.3 Å². The number of benzene rings is 2. The fourth-order valence-electron chi connectivity index (χ4n) is 3.45. The number of hydrogen-bond donors (Lipinski definition) is 1. The quantitative estimate of drug-likeness (QED) is 0.429. The Morgan fingerprint density at radius 2 is 1.73 bits per heavy atom. The van der Waals surface area contributed by atoms with E-state index < -0.39 is 46.7 Å². The second-order valence-electron chi connectivity index (χ2n) is 7.89. The van der Waals surface area contributed by atoms with E-state index >= 15 is 0 Å². The molecule has 0 saturated carbocycles. The number of nitrogens with one attached hydrogen (secondary N) is 1. The molecule has 0 aliphatic carbocycles. The van der Waals surface area contributed by atoms with Crippen molar-refractivity contribution in [2.75, 3.05) is 44.8 Å². The van der Waals surface area contributed by atoms with Gasteiger partial charge in [-0.3, -0.25) is 24.1 Å². The van der Waals surface area contributed by atoms with Crippen molar-refractivity contribution >= 4 is 46.5 Å². The van der Waals surface area contributed by atoms with Gasteiger partial charge in [-0.2, -0.15) is 0 Å². The van der Waals surface area contributed by atoms with Gasteiger partial charge in [0.15, 0.2) is 24.1 Å². The first-order chi connectivity index (χ1) is 17.7. The van der Waals surface area contributed by atoms with Crippen LogP contribution in [0, 0.1) is 17.5 Å². The van der Waals surface area contributed by atoms with Gasteiger partial charge in [0.25, 0.3) is 17.1 Å². The highest BCUT2D eigenvalue weighted by molar-refractivity contribution is 8.18. The second kappa shape index (κ2) is 11.5. The highest BCUT2D eigenvalue weighted by atomic mass is 32.2. The van der Waals surface area contributed by atoms with Crippen molar-refractivity contribution in [2.45, 2.75) is 0 Å². The van der Waals surface area contributed by atoms with Gasteiger partial charge in [0.2, 0.25) is 5.91 Å². The Hall–Kier alpha value is -3.84. The number of halogens is 3. The first kappa shape index (κ1) is 26.2. The molecule has 194 valence electrons. The van der Waals surface area contributed by atoms with Crippen LogP contribution in [0.5, 0.6) is 5.75 Å². The summed E-state index contributed by atoms with van der Waals surface area (Å²) in [5.41, 5.74) is -0.0639. The Balaban J connectivity index is 1.33. The molecule has 0 unspecified atom stereocenters. The molecule has 2 fully saturated rings. The Kier molecular flexibility index (Phi) is 8.14. The monoisotopic (exact) mass is 535 g/mol. The lowest BCUT2D eigenvalue weighted by Crippen LogP contribution is -2.42. The van der Waals surface area contributed by atoms with Crippen molar-refractivity contribution in [1.29, 1.82) is 0 Å². The zero-order valence-corrected chi connectivity index (χ0v) is 20.0. The molecule has 1 N–H and O–H groups in total. The Labute approximate surface area is 213 Å². The number of nitrogens with zero attached hydrogens (tertiary/aromatic N) is 2. The minimum atomic E-state index is -1.76. The molecule has 4 rings (SSSR count). The van der Waals surface area contributed by atoms with E-state index in [1.54, 1.807) is 29.2 Å². The third-order valence-corrected chi connectivity index (χ3v) is 6.30. The van der Waals surface area contributed by atoms with Crippen molar-refractivity contribution in [1.82, 2.24) is 9.80 Å². The molecule has 0 aromatic heterocycles. The van der Waals surface area contributed by atoms with Gasteiger partial charge in [0.05, 0.1) is 23.8 Å². The van der Waals surface area contributed by atoms with Crippen LogP contribution in [0.1, 0.15) is 5.56 Å². The number of ether oxygens (including phenoxy) is 2. The predicted molar refractivity (Wildman–Crippen MR) is 127 cm³/mol. The van der Waals surface area contributed by atoms with Crippen molar-refractivity contribution < 1.29 is 41.8 Å². The van der Waals surface area contributed by atoms with Crippen LogP contribution in [0.4, 0.5) is 23.7 Å². The smallest absolute Gasteiger partial charge is 0.294 e. The number of hydrogen-bond acceptors (Lipinski definition) is 7. The molecule has 2 aliphatic rings. The van der Waals surface area contributed by atoms with Crippen LogP contribution < -0.4 is 10.1 Å². The van der Waals surface area contributed by atoms with E-state index in [0.29, 0.717) is 60.3 Å². The summed E-state index contributed by atoms with van der Waals surface area (Å²) < 4.78 is 50.9. The van der Waals surface area contributed by atoms with Gasteiger partial charge in [-0.25, -0.2) is 13.2 Å². The van der Waals surface area contributed by atoms with E-state index in [-0.39, 0.29) is 17.4 Å². The zero-order chi connectivity index (χ0) is 26.5. The van der Waals surface area contributed by atoms with Gasteiger partial charge < -0.3 is 19.7 Å². The fourth-order valence-corrected chi connectivity index (χ4v) is 4.29. The molecule has 0 spiro atoms. The van der Waals surface area contributed by atoms with Gasteiger partial charge in [0.1, 0.15) is 12.3 Å².